The number of nitriles is 1. The molecule has 0 spiro atoms. The highest BCUT2D eigenvalue weighted by Gasteiger charge is 2.10. The second-order valence-electron chi connectivity index (χ2n) is 2.52. The largest absolute Gasteiger partial charge is 0.348 e. The number of hydrogen-bond donors (Lipinski definition) is 1. The molecule has 0 aliphatic heterocycles. The standard InChI is InChI=1S/C9H8ClN3S/c1-3-6(4-2)12-9-13-8(10)7(5-11)14-9/h1,6H,4H2,2H3,(H,12,13). The molecule has 0 amide bonds. The van der Waals surface area contributed by atoms with E-state index in [9.17, 15) is 0 Å². The molecule has 1 aromatic heterocycles. The van der Waals surface area contributed by atoms with Gasteiger partial charge in [-0.2, -0.15) is 5.26 Å². The van der Waals surface area contributed by atoms with Crippen LogP contribution in [0.4, 0.5) is 5.13 Å². The summed E-state index contributed by atoms with van der Waals surface area (Å²) in [6.07, 6.45) is 6.08. The first-order valence-electron chi connectivity index (χ1n) is 4.00. The van der Waals surface area contributed by atoms with Crippen LogP contribution < -0.4 is 5.32 Å². The summed E-state index contributed by atoms with van der Waals surface area (Å²) in [6, 6.07) is 1.89. The second-order valence-corrected chi connectivity index (χ2v) is 3.88. The molecule has 0 aromatic carbocycles. The third-order valence-corrected chi connectivity index (χ3v) is 2.87. The van der Waals surface area contributed by atoms with E-state index in [1.807, 2.05) is 13.0 Å². The average molecular weight is 226 g/mol. The molecule has 1 aromatic rings. The van der Waals surface area contributed by atoms with Crippen molar-refractivity contribution in [3.63, 3.8) is 0 Å². The van der Waals surface area contributed by atoms with Gasteiger partial charge in [-0.15, -0.1) is 6.42 Å². The van der Waals surface area contributed by atoms with Crippen molar-refractivity contribution in [1.29, 1.82) is 5.26 Å². The Morgan fingerprint density at radius 1 is 1.79 bits per heavy atom. The van der Waals surface area contributed by atoms with Crippen LogP contribution in [0.3, 0.4) is 0 Å². The van der Waals surface area contributed by atoms with Gasteiger partial charge in [-0.25, -0.2) is 4.98 Å². The number of halogens is 1. The zero-order valence-corrected chi connectivity index (χ0v) is 9.11. The second kappa shape index (κ2) is 4.85. The van der Waals surface area contributed by atoms with Crippen LogP contribution >= 0.6 is 22.9 Å². The number of thiazole rings is 1. The first kappa shape index (κ1) is 10.8. The molecular formula is C9H8ClN3S. The van der Waals surface area contributed by atoms with E-state index in [4.69, 9.17) is 23.3 Å². The normalized spacial score (nSPS) is 11.4. The first-order valence-corrected chi connectivity index (χ1v) is 5.19. The van der Waals surface area contributed by atoms with Gasteiger partial charge >= 0.3 is 0 Å². The third-order valence-electron chi connectivity index (χ3n) is 1.59. The quantitative estimate of drug-likeness (QED) is 0.805. The van der Waals surface area contributed by atoms with Gasteiger partial charge in [0.1, 0.15) is 10.9 Å². The van der Waals surface area contributed by atoms with Gasteiger partial charge < -0.3 is 5.32 Å². The Morgan fingerprint density at radius 2 is 2.50 bits per heavy atom. The fraction of sp³-hybridized carbons (Fsp3) is 0.333. The van der Waals surface area contributed by atoms with Crippen molar-refractivity contribution in [3.05, 3.63) is 10.0 Å². The van der Waals surface area contributed by atoms with Crippen molar-refractivity contribution in [2.24, 2.45) is 0 Å². The predicted molar refractivity (Wildman–Crippen MR) is 58.4 cm³/mol. The van der Waals surface area contributed by atoms with Crippen LogP contribution in [0.5, 0.6) is 0 Å². The van der Waals surface area contributed by atoms with Gasteiger partial charge in [0.15, 0.2) is 10.3 Å². The van der Waals surface area contributed by atoms with E-state index in [0.717, 1.165) is 6.42 Å². The van der Waals surface area contributed by atoms with Crippen LogP contribution in [-0.4, -0.2) is 11.0 Å². The summed E-state index contributed by atoms with van der Waals surface area (Å²) in [5.41, 5.74) is 0. The van der Waals surface area contributed by atoms with E-state index in [2.05, 4.69) is 16.2 Å². The molecule has 0 aliphatic carbocycles. The molecule has 1 rings (SSSR count). The summed E-state index contributed by atoms with van der Waals surface area (Å²) in [5.74, 6) is 2.58. The van der Waals surface area contributed by atoms with E-state index in [-0.39, 0.29) is 11.2 Å². The number of terminal acetylenes is 1. The van der Waals surface area contributed by atoms with Crippen LogP contribution in [-0.2, 0) is 0 Å². The Bertz CT molecular complexity index is 399. The van der Waals surface area contributed by atoms with Crippen molar-refractivity contribution in [1.82, 2.24) is 4.98 Å². The van der Waals surface area contributed by atoms with Crippen LogP contribution in [0.25, 0.3) is 0 Å². The highest BCUT2D eigenvalue weighted by Crippen LogP contribution is 2.26. The smallest absolute Gasteiger partial charge is 0.186 e. The summed E-state index contributed by atoms with van der Waals surface area (Å²) < 4.78 is 0. The van der Waals surface area contributed by atoms with E-state index in [1.165, 1.54) is 11.3 Å². The Hall–Kier alpha value is -1.23. The molecule has 1 atom stereocenters. The van der Waals surface area contributed by atoms with E-state index in [0.29, 0.717) is 10.0 Å². The van der Waals surface area contributed by atoms with Crippen molar-refractivity contribution in [2.45, 2.75) is 19.4 Å². The van der Waals surface area contributed by atoms with Gasteiger partial charge in [-0.1, -0.05) is 35.8 Å². The maximum Gasteiger partial charge on any atom is 0.186 e. The highest BCUT2D eigenvalue weighted by molar-refractivity contribution is 7.16. The SMILES string of the molecule is C#CC(CC)Nc1nc(Cl)c(C#N)s1. The Kier molecular flexibility index (Phi) is 3.76. The zero-order valence-electron chi connectivity index (χ0n) is 7.54. The van der Waals surface area contributed by atoms with Crippen molar-refractivity contribution in [3.8, 4) is 18.4 Å². The highest BCUT2D eigenvalue weighted by atomic mass is 35.5. The molecule has 1 unspecified atom stereocenters. The summed E-state index contributed by atoms with van der Waals surface area (Å²) in [6.45, 7) is 1.97. The summed E-state index contributed by atoms with van der Waals surface area (Å²) >= 11 is 6.91. The molecule has 0 saturated heterocycles. The number of nitrogens with one attached hydrogen (secondary N) is 1. The Labute approximate surface area is 91.7 Å². The summed E-state index contributed by atoms with van der Waals surface area (Å²) in [4.78, 5) is 4.38. The molecule has 0 aliphatic rings. The topological polar surface area (TPSA) is 48.7 Å². The van der Waals surface area contributed by atoms with Crippen LogP contribution in [0.2, 0.25) is 5.15 Å². The third kappa shape index (κ3) is 2.38. The lowest BCUT2D eigenvalue weighted by molar-refractivity contribution is 0.856. The van der Waals surface area contributed by atoms with Crippen molar-refractivity contribution in [2.75, 3.05) is 5.32 Å². The molecule has 0 fully saturated rings. The number of rotatable bonds is 3. The van der Waals surface area contributed by atoms with Gasteiger partial charge in [0.25, 0.3) is 0 Å². The fourth-order valence-electron chi connectivity index (χ4n) is 0.843. The summed E-state index contributed by atoms with van der Waals surface area (Å²) in [5, 5.41) is 12.5. The molecule has 0 saturated carbocycles. The first-order chi connectivity index (χ1) is 6.71. The predicted octanol–water partition coefficient (Wildman–Crippen LogP) is 2.49. The maximum atomic E-state index is 8.65. The maximum absolute atomic E-state index is 8.65. The fourth-order valence-corrected chi connectivity index (χ4v) is 1.84. The molecule has 14 heavy (non-hydrogen) atoms. The van der Waals surface area contributed by atoms with Crippen molar-refractivity contribution < 1.29 is 0 Å². The van der Waals surface area contributed by atoms with Crippen LogP contribution in [0.1, 0.15) is 18.2 Å². The lowest BCUT2D eigenvalue weighted by Gasteiger charge is -2.07. The minimum Gasteiger partial charge on any atom is -0.348 e. The lowest BCUT2D eigenvalue weighted by Crippen LogP contribution is -2.15. The van der Waals surface area contributed by atoms with Crippen LogP contribution in [0, 0.1) is 23.7 Å². The van der Waals surface area contributed by atoms with E-state index < -0.39 is 0 Å². The minimum atomic E-state index is -0.0660. The van der Waals surface area contributed by atoms with Gasteiger partial charge in [-0.3, -0.25) is 0 Å². The number of nitrogens with zero attached hydrogens (tertiary/aromatic N) is 2. The Balaban J connectivity index is 2.79. The minimum absolute atomic E-state index is 0.0660. The van der Waals surface area contributed by atoms with E-state index in [1.54, 1.807) is 0 Å². The molecule has 0 radical (unpaired) electrons. The van der Waals surface area contributed by atoms with Gasteiger partial charge in [0.2, 0.25) is 0 Å². The number of anilines is 1. The molecule has 72 valence electrons. The lowest BCUT2D eigenvalue weighted by atomic mass is 10.2. The number of hydrogen-bond acceptors (Lipinski definition) is 4. The van der Waals surface area contributed by atoms with E-state index >= 15 is 0 Å². The number of aromatic nitrogens is 1. The van der Waals surface area contributed by atoms with Crippen LogP contribution in [0.15, 0.2) is 0 Å². The molecule has 1 N–H and O–H groups in total. The monoisotopic (exact) mass is 225 g/mol. The molecule has 1 heterocycles. The zero-order chi connectivity index (χ0) is 10.6. The molecule has 5 heteroatoms. The Morgan fingerprint density at radius 3 is 2.93 bits per heavy atom. The van der Waals surface area contributed by atoms with Gasteiger partial charge in [0, 0.05) is 0 Å². The molecule has 0 bridgehead atoms. The van der Waals surface area contributed by atoms with Gasteiger partial charge in [0.05, 0.1) is 6.04 Å². The average Bonchev–Trinajstić information content (AvgIpc) is 2.55. The summed E-state index contributed by atoms with van der Waals surface area (Å²) in [7, 11) is 0. The molecule has 3 nitrogen and oxygen atoms in total. The van der Waals surface area contributed by atoms with Crippen molar-refractivity contribution >= 4 is 28.1 Å². The molecular weight excluding hydrogens is 218 g/mol. The van der Waals surface area contributed by atoms with Gasteiger partial charge in [-0.05, 0) is 6.42 Å².